The van der Waals surface area contributed by atoms with Crippen LogP contribution in [0.4, 0.5) is 5.69 Å². The number of hydrogen-bond donors (Lipinski definition) is 2. The van der Waals surface area contributed by atoms with E-state index in [0.29, 0.717) is 11.8 Å². The number of hydrogen-bond acceptors (Lipinski definition) is 3. The van der Waals surface area contributed by atoms with Gasteiger partial charge in [0, 0.05) is 11.3 Å². The minimum absolute atomic E-state index is 0.0410. The fourth-order valence-electron chi connectivity index (χ4n) is 3.71. The summed E-state index contributed by atoms with van der Waals surface area (Å²) in [6.07, 6.45) is 0. The van der Waals surface area contributed by atoms with Crippen molar-refractivity contribution in [3.8, 4) is 17.0 Å². The van der Waals surface area contributed by atoms with E-state index in [0.717, 1.165) is 22.5 Å². The van der Waals surface area contributed by atoms with Crippen molar-refractivity contribution in [2.75, 3.05) is 5.32 Å². The van der Waals surface area contributed by atoms with Gasteiger partial charge in [-0.25, -0.2) is 0 Å². The second kappa shape index (κ2) is 8.69. The Morgan fingerprint density at radius 1 is 0.828 bits per heavy atom. The Labute approximate surface area is 174 Å². The largest absolute Gasteiger partial charge is 0.507 e. The van der Waals surface area contributed by atoms with Gasteiger partial charge in [-0.3, -0.25) is 4.98 Å². The summed E-state index contributed by atoms with van der Waals surface area (Å²) in [6, 6.07) is 18.2. The SMILES string of the molecule is Cc1ccc(O)c(-c2cccc(C(C)Nc3c(C(C)C)cccc3C(C)C)n2)c1. The highest BCUT2D eigenvalue weighted by Gasteiger charge is 2.17. The number of anilines is 1. The molecule has 0 aliphatic rings. The van der Waals surface area contributed by atoms with Gasteiger partial charge < -0.3 is 10.4 Å². The number of pyridine rings is 1. The molecule has 0 bridgehead atoms. The number of rotatable bonds is 6. The predicted octanol–water partition coefficient (Wildman–Crippen LogP) is 7.18. The zero-order chi connectivity index (χ0) is 21.1. The molecule has 3 aromatic rings. The molecule has 2 aromatic carbocycles. The highest BCUT2D eigenvalue weighted by Crippen LogP contribution is 2.35. The highest BCUT2D eigenvalue weighted by molar-refractivity contribution is 5.68. The zero-order valence-electron chi connectivity index (χ0n) is 18.3. The van der Waals surface area contributed by atoms with Crippen molar-refractivity contribution in [3.05, 3.63) is 77.0 Å². The molecule has 1 unspecified atom stereocenters. The second-order valence-corrected chi connectivity index (χ2v) is 8.46. The molecular weight excluding hydrogens is 356 g/mol. The van der Waals surface area contributed by atoms with Crippen LogP contribution in [-0.2, 0) is 0 Å². The van der Waals surface area contributed by atoms with Crippen LogP contribution in [0.5, 0.6) is 5.75 Å². The molecule has 152 valence electrons. The van der Waals surface area contributed by atoms with E-state index in [1.165, 1.54) is 16.8 Å². The minimum atomic E-state index is 0.0410. The molecule has 0 aliphatic heterocycles. The smallest absolute Gasteiger partial charge is 0.124 e. The van der Waals surface area contributed by atoms with Gasteiger partial charge in [0.25, 0.3) is 0 Å². The first kappa shape index (κ1) is 20.9. The summed E-state index contributed by atoms with van der Waals surface area (Å²) in [7, 11) is 0. The summed E-state index contributed by atoms with van der Waals surface area (Å²) in [5, 5.41) is 14.0. The first-order valence-corrected chi connectivity index (χ1v) is 10.4. The Kier molecular flexibility index (Phi) is 6.26. The van der Waals surface area contributed by atoms with Crippen LogP contribution in [0.3, 0.4) is 0 Å². The summed E-state index contributed by atoms with van der Waals surface area (Å²) < 4.78 is 0. The van der Waals surface area contributed by atoms with Crippen LogP contribution in [0.15, 0.2) is 54.6 Å². The standard InChI is InChI=1S/C26H32N2O/c1-16(2)20-9-7-10-21(17(3)4)26(20)27-19(6)23-11-8-12-24(28-23)22-15-18(5)13-14-25(22)29/h7-17,19,27,29H,1-6H3. The number of nitrogens with one attached hydrogen (secondary N) is 1. The van der Waals surface area contributed by atoms with E-state index < -0.39 is 0 Å². The first-order chi connectivity index (χ1) is 13.8. The lowest BCUT2D eigenvalue weighted by Gasteiger charge is -2.24. The van der Waals surface area contributed by atoms with Crippen LogP contribution in [0, 0.1) is 6.92 Å². The van der Waals surface area contributed by atoms with E-state index in [1.54, 1.807) is 6.07 Å². The number of benzene rings is 2. The van der Waals surface area contributed by atoms with Crippen molar-refractivity contribution < 1.29 is 5.11 Å². The average molecular weight is 389 g/mol. The van der Waals surface area contributed by atoms with Crippen LogP contribution < -0.4 is 5.32 Å². The minimum Gasteiger partial charge on any atom is -0.507 e. The third-order valence-electron chi connectivity index (χ3n) is 5.38. The van der Waals surface area contributed by atoms with Gasteiger partial charge in [0.2, 0.25) is 0 Å². The Bertz CT molecular complexity index is 965. The monoisotopic (exact) mass is 388 g/mol. The number of aromatic nitrogens is 1. The Hall–Kier alpha value is -2.81. The molecule has 1 atom stereocenters. The molecule has 0 fully saturated rings. The normalized spacial score (nSPS) is 12.4. The molecule has 29 heavy (non-hydrogen) atoms. The lowest BCUT2D eigenvalue weighted by Crippen LogP contribution is -2.13. The third-order valence-corrected chi connectivity index (χ3v) is 5.38. The van der Waals surface area contributed by atoms with Crippen molar-refractivity contribution in [2.45, 2.75) is 59.4 Å². The summed E-state index contributed by atoms with van der Waals surface area (Å²) in [4.78, 5) is 4.87. The van der Waals surface area contributed by atoms with Gasteiger partial charge in [-0.05, 0) is 61.1 Å². The lowest BCUT2D eigenvalue weighted by molar-refractivity contribution is 0.477. The summed E-state index contributed by atoms with van der Waals surface area (Å²) in [5.41, 5.74) is 7.49. The molecule has 0 aliphatic carbocycles. The van der Waals surface area contributed by atoms with Gasteiger partial charge >= 0.3 is 0 Å². The van der Waals surface area contributed by atoms with Crippen LogP contribution in [0.2, 0.25) is 0 Å². The van der Waals surface area contributed by atoms with Crippen molar-refractivity contribution in [1.82, 2.24) is 4.98 Å². The molecular formula is C26H32N2O. The topological polar surface area (TPSA) is 45.1 Å². The van der Waals surface area contributed by atoms with E-state index in [4.69, 9.17) is 4.98 Å². The van der Waals surface area contributed by atoms with Crippen LogP contribution >= 0.6 is 0 Å². The molecule has 3 nitrogen and oxygen atoms in total. The van der Waals surface area contributed by atoms with E-state index in [-0.39, 0.29) is 11.8 Å². The number of phenolic OH excluding ortho intramolecular Hbond substituents is 1. The van der Waals surface area contributed by atoms with Gasteiger partial charge in [-0.15, -0.1) is 0 Å². The van der Waals surface area contributed by atoms with Crippen molar-refractivity contribution >= 4 is 5.69 Å². The molecule has 0 spiro atoms. The van der Waals surface area contributed by atoms with Gasteiger partial charge in [-0.2, -0.15) is 0 Å². The molecule has 3 rings (SSSR count). The van der Waals surface area contributed by atoms with Crippen molar-refractivity contribution in [2.24, 2.45) is 0 Å². The van der Waals surface area contributed by atoms with E-state index in [9.17, 15) is 5.11 Å². The fourth-order valence-corrected chi connectivity index (χ4v) is 3.71. The quantitative estimate of drug-likeness (QED) is 0.470. The number of phenols is 1. The van der Waals surface area contributed by atoms with Crippen molar-refractivity contribution in [1.29, 1.82) is 0 Å². The van der Waals surface area contributed by atoms with Gasteiger partial charge in [-0.1, -0.05) is 63.6 Å². The first-order valence-electron chi connectivity index (χ1n) is 10.4. The third kappa shape index (κ3) is 4.61. The van der Waals surface area contributed by atoms with Crippen molar-refractivity contribution in [3.63, 3.8) is 0 Å². The summed E-state index contributed by atoms with van der Waals surface area (Å²) >= 11 is 0. The predicted molar refractivity (Wildman–Crippen MR) is 123 cm³/mol. The molecule has 3 heteroatoms. The maximum absolute atomic E-state index is 10.3. The number of nitrogens with zero attached hydrogens (tertiary/aromatic N) is 1. The fraction of sp³-hybridized carbons (Fsp3) is 0.346. The number of para-hydroxylation sites is 1. The second-order valence-electron chi connectivity index (χ2n) is 8.46. The van der Waals surface area contributed by atoms with Gasteiger partial charge in [0.05, 0.1) is 17.4 Å². The Morgan fingerprint density at radius 2 is 1.45 bits per heavy atom. The zero-order valence-corrected chi connectivity index (χ0v) is 18.3. The molecule has 2 N–H and O–H groups in total. The Morgan fingerprint density at radius 3 is 2.07 bits per heavy atom. The average Bonchev–Trinajstić information content (AvgIpc) is 2.69. The van der Waals surface area contributed by atoms with Crippen LogP contribution in [-0.4, -0.2) is 10.1 Å². The molecule has 0 saturated heterocycles. The van der Waals surface area contributed by atoms with Crippen LogP contribution in [0.25, 0.3) is 11.3 Å². The maximum atomic E-state index is 10.3. The maximum Gasteiger partial charge on any atom is 0.124 e. The highest BCUT2D eigenvalue weighted by atomic mass is 16.3. The molecule has 1 aromatic heterocycles. The Balaban J connectivity index is 1.97. The molecule has 0 amide bonds. The van der Waals surface area contributed by atoms with Crippen LogP contribution in [0.1, 0.15) is 74.9 Å². The molecule has 0 radical (unpaired) electrons. The summed E-state index contributed by atoms with van der Waals surface area (Å²) in [5.74, 6) is 1.13. The van der Waals surface area contributed by atoms with Gasteiger partial charge in [0.1, 0.15) is 5.75 Å². The number of aromatic hydroxyl groups is 1. The van der Waals surface area contributed by atoms with E-state index in [1.807, 2.05) is 37.3 Å². The lowest BCUT2D eigenvalue weighted by atomic mass is 9.92. The summed E-state index contributed by atoms with van der Waals surface area (Å²) in [6.45, 7) is 13.1. The number of aryl methyl sites for hydroxylation is 1. The molecule has 0 saturated carbocycles. The molecule has 1 heterocycles. The van der Waals surface area contributed by atoms with Gasteiger partial charge in [0.15, 0.2) is 0 Å². The van der Waals surface area contributed by atoms with E-state index >= 15 is 0 Å². The van der Waals surface area contributed by atoms with E-state index in [2.05, 4.69) is 58.1 Å².